The van der Waals surface area contributed by atoms with Crippen LogP contribution >= 0.6 is 0 Å². The zero-order valence-corrected chi connectivity index (χ0v) is 13.0. The molecule has 0 bridgehead atoms. The average Bonchev–Trinajstić information content (AvgIpc) is 2.53. The van der Waals surface area contributed by atoms with E-state index in [0.717, 1.165) is 54.5 Å². The summed E-state index contributed by atoms with van der Waals surface area (Å²) in [6, 6.07) is 10.0. The topological polar surface area (TPSA) is 47.0 Å². The monoisotopic (exact) mass is 285 g/mol. The second-order valence-corrected chi connectivity index (χ2v) is 4.93. The van der Waals surface area contributed by atoms with Crippen molar-refractivity contribution >= 4 is 5.82 Å². The number of ether oxygens (including phenoxy) is 1. The Kier molecular flexibility index (Phi) is 5.55. The summed E-state index contributed by atoms with van der Waals surface area (Å²) in [4.78, 5) is 9.12. The van der Waals surface area contributed by atoms with Gasteiger partial charge in [0.1, 0.15) is 17.4 Å². The molecule has 1 aromatic heterocycles. The molecule has 4 heteroatoms. The van der Waals surface area contributed by atoms with Gasteiger partial charge in [0.25, 0.3) is 0 Å². The van der Waals surface area contributed by atoms with Crippen LogP contribution < -0.4 is 10.1 Å². The van der Waals surface area contributed by atoms with E-state index >= 15 is 0 Å². The van der Waals surface area contributed by atoms with Crippen molar-refractivity contribution < 1.29 is 4.74 Å². The maximum Gasteiger partial charge on any atom is 0.131 e. The second-order valence-electron chi connectivity index (χ2n) is 4.93. The summed E-state index contributed by atoms with van der Waals surface area (Å²) < 4.78 is 5.61. The maximum atomic E-state index is 5.61. The summed E-state index contributed by atoms with van der Waals surface area (Å²) in [7, 11) is 1.88. The number of hydrogen-bond acceptors (Lipinski definition) is 4. The van der Waals surface area contributed by atoms with Gasteiger partial charge in [0.2, 0.25) is 0 Å². The lowest BCUT2D eigenvalue weighted by molar-refractivity contribution is 0.317. The van der Waals surface area contributed by atoms with E-state index in [1.54, 1.807) is 0 Å². The van der Waals surface area contributed by atoms with E-state index in [0.29, 0.717) is 0 Å². The van der Waals surface area contributed by atoms with Crippen LogP contribution in [-0.2, 0) is 6.42 Å². The maximum absolute atomic E-state index is 5.61. The highest BCUT2D eigenvalue weighted by atomic mass is 16.5. The predicted molar refractivity (Wildman–Crippen MR) is 86.8 cm³/mol. The minimum absolute atomic E-state index is 0.747. The third-order valence-electron chi connectivity index (χ3n) is 3.13. The molecule has 0 aliphatic rings. The van der Waals surface area contributed by atoms with Gasteiger partial charge in [0.05, 0.1) is 12.3 Å². The van der Waals surface area contributed by atoms with Gasteiger partial charge >= 0.3 is 0 Å². The number of hydrogen-bond donors (Lipinski definition) is 1. The van der Waals surface area contributed by atoms with Crippen molar-refractivity contribution in [3.8, 4) is 17.0 Å². The molecule has 0 saturated carbocycles. The predicted octanol–water partition coefficient (Wildman–Crippen LogP) is 3.93. The quantitative estimate of drug-likeness (QED) is 0.837. The Balaban J connectivity index is 2.25. The summed E-state index contributed by atoms with van der Waals surface area (Å²) in [6.07, 6.45) is 2.94. The van der Waals surface area contributed by atoms with E-state index in [1.807, 2.05) is 37.4 Å². The number of anilines is 1. The van der Waals surface area contributed by atoms with Gasteiger partial charge in [0.15, 0.2) is 0 Å². The molecule has 1 N–H and O–H groups in total. The summed E-state index contributed by atoms with van der Waals surface area (Å²) in [6.45, 7) is 4.98. The van der Waals surface area contributed by atoms with Gasteiger partial charge in [-0.3, -0.25) is 0 Å². The first-order valence-electron chi connectivity index (χ1n) is 7.55. The summed E-state index contributed by atoms with van der Waals surface area (Å²) >= 11 is 0. The van der Waals surface area contributed by atoms with Crippen molar-refractivity contribution in [1.82, 2.24) is 9.97 Å². The van der Waals surface area contributed by atoms with Crippen LogP contribution in [0.4, 0.5) is 5.82 Å². The van der Waals surface area contributed by atoms with Gasteiger partial charge in [-0.1, -0.05) is 13.8 Å². The highest BCUT2D eigenvalue weighted by Crippen LogP contribution is 2.23. The molecule has 21 heavy (non-hydrogen) atoms. The van der Waals surface area contributed by atoms with Crippen LogP contribution in [0.1, 0.15) is 32.5 Å². The van der Waals surface area contributed by atoms with Gasteiger partial charge in [-0.2, -0.15) is 0 Å². The standard InChI is InChI=1S/C17H23N3O/c1-4-6-16-19-15(12-17(18-3)20-16)13-7-9-14(10-8-13)21-11-5-2/h7-10,12H,4-6,11H2,1-3H3,(H,18,19,20). The van der Waals surface area contributed by atoms with E-state index < -0.39 is 0 Å². The molecule has 0 saturated heterocycles. The molecule has 1 heterocycles. The van der Waals surface area contributed by atoms with Crippen molar-refractivity contribution in [2.45, 2.75) is 33.1 Å². The van der Waals surface area contributed by atoms with E-state index in [9.17, 15) is 0 Å². The molecule has 0 aliphatic heterocycles. The first-order chi connectivity index (χ1) is 10.3. The zero-order valence-electron chi connectivity index (χ0n) is 13.0. The van der Waals surface area contributed by atoms with Crippen LogP contribution in [0.3, 0.4) is 0 Å². The van der Waals surface area contributed by atoms with Crippen LogP contribution in [0.15, 0.2) is 30.3 Å². The molecule has 0 fully saturated rings. The smallest absolute Gasteiger partial charge is 0.131 e. The number of nitrogens with one attached hydrogen (secondary N) is 1. The summed E-state index contributed by atoms with van der Waals surface area (Å²) in [5, 5.41) is 3.10. The van der Waals surface area contributed by atoms with E-state index in [2.05, 4.69) is 29.1 Å². The molecule has 4 nitrogen and oxygen atoms in total. The van der Waals surface area contributed by atoms with Gasteiger partial charge in [-0.25, -0.2) is 9.97 Å². The minimum atomic E-state index is 0.747. The second kappa shape index (κ2) is 7.62. The SMILES string of the molecule is CCCOc1ccc(-c2cc(NC)nc(CCC)n2)cc1. The van der Waals surface area contributed by atoms with Crippen LogP contribution in [0.5, 0.6) is 5.75 Å². The van der Waals surface area contributed by atoms with Crippen molar-refractivity contribution in [2.24, 2.45) is 0 Å². The van der Waals surface area contributed by atoms with Gasteiger partial charge < -0.3 is 10.1 Å². The molecule has 2 rings (SSSR count). The highest BCUT2D eigenvalue weighted by molar-refractivity contribution is 5.63. The van der Waals surface area contributed by atoms with Crippen LogP contribution in [0, 0.1) is 0 Å². The molecule has 0 atom stereocenters. The Morgan fingerprint density at radius 2 is 1.81 bits per heavy atom. The highest BCUT2D eigenvalue weighted by Gasteiger charge is 2.06. The Hall–Kier alpha value is -2.10. The molecule has 1 aromatic carbocycles. The Morgan fingerprint density at radius 3 is 2.43 bits per heavy atom. The fraction of sp³-hybridized carbons (Fsp3) is 0.412. The van der Waals surface area contributed by atoms with Crippen molar-refractivity contribution in [3.05, 3.63) is 36.2 Å². The third kappa shape index (κ3) is 4.18. The number of aromatic nitrogens is 2. The van der Waals surface area contributed by atoms with Gasteiger partial charge in [-0.15, -0.1) is 0 Å². The fourth-order valence-corrected chi connectivity index (χ4v) is 2.05. The summed E-state index contributed by atoms with van der Waals surface area (Å²) in [5.74, 6) is 2.64. The first-order valence-corrected chi connectivity index (χ1v) is 7.55. The molecular weight excluding hydrogens is 262 g/mol. The van der Waals surface area contributed by atoms with Crippen molar-refractivity contribution in [2.75, 3.05) is 19.0 Å². The van der Waals surface area contributed by atoms with Crippen LogP contribution in [-0.4, -0.2) is 23.6 Å². The fourth-order valence-electron chi connectivity index (χ4n) is 2.05. The Labute approximate surface area is 126 Å². The van der Waals surface area contributed by atoms with Gasteiger partial charge in [0, 0.05) is 25.1 Å². The lowest BCUT2D eigenvalue weighted by Crippen LogP contribution is -2.01. The minimum Gasteiger partial charge on any atom is -0.494 e. The largest absolute Gasteiger partial charge is 0.494 e. The van der Waals surface area contributed by atoms with E-state index in [1.165, 1.54) is 0 Å². The Morgan fingerprint density at radius 1 is 1.05 bits per heavy atom. The van der Waals surface area contributed by atoms with Crippen molar-refractivity contribution in [1.29, 1.82) is 0 Å². The number of rotatable bonds is 7. The van der Waals surface area contributed by atoms with Gasteiger partial charge in [-0.05, 0) is 37.1 Å². The number of aryl methyl sites for hydroxylation is 1. The van der Waals surface area contributed by atoms with E-state index in [4.69, 9.17) is 4.74 Å². The van der Waals surface area contributed by atoms with E-state index in [-0.39, 0.29) is 0 Å². The molecule has 0 radical (unpaired) electrons. The molecule has 0 amide bonds. The summed E-state index contributed by atoms with van der Waals surface area (Å²) in [5.41, 5.74) is 2.02. The average molecular weight is 285 g/mol. The van der Waals surface area contributed by atoms with Crippen LogP contribution in [0.25, 0.3) is 11.3 Å². The third-order valence-corrected chi connectivity index (χ3v) is 3.13. The van der Waals surface area contributed by atoms with Crippen LogP contribution in [0.2, 0.25) is 0 Å². The molecule has 112 valence electrons. The lowest BCUT2D eigenvalue weighted by atomic mass is 10.1. The number of benzene rings is 1. The zero-order chi connectivity index (χ0) is 15.1. The molecule has 2 aromatic rings. The molecule has 0 unspecified atom stereocenters. The van der Waals surface area contributed by atoms with Crippen molar-refractivity contribution in [3.63, 3.8) is 0 Å². The Bertz CT molecular complexity index is 567. The molecule has 0 spiro atoms. The lowest BCUT2D eigenvalue weighted by Gasteiger charge is -2.09. The number of nitrogens with zero attached hydrogens (tertiary/aromatic N) is 2. The first kappa shape index (κ1) is 15.3. The molecule has 0 aliphatic carbocycles. The normalized spacial score (nSPS) is 10.4. The molecular formula is C17H23N3O.